The largest absolute Gasteiger partial charge is 0.330 e. The van der Waals surface area contributed by atoms with E-state index in [4.69, 9.17) is 0 Å². The number of carbonyl (C=O) groups excluding carboxylic acids is 1. The summed E-state index contributed by atoms with van der Waals surface area (Å²) in [4.78, 5) is 18.6. The zero-order valence-electron chi connectivity index (χ0n) is 13.7. The van der Waals surface area contributed by atoms with E-state index >= 15 is 0 Å². The molecular weight excluding hydrogens is 276 g/mol. The molecule has 118 valence electrons. The number of carbonyl (C=O) groups is 1. The third kappa shape index (κ3) is 4.16. The van der Waals surface area contributed by atoms with Crippen LogP contribution in [0.15, 0.2) is 30.6 Å². The Hall–Kier alpha value is -2.17. The van der Waals surface area contributed by atoms with Crippen LogP contribution < -0.4 is 0 Å². The zero-order chi connectivity index (χ0) is 16.1. The lowest BCUT2D eigenvalue weighted by atomic mass is 10.1. The molecule has 0 aliphatic carbocycles. The summed E-state index contributed by atoms with van der Waals surface area (Å²) in [6.07, 6.45) is 4.42. The van der Waals surface area contributed by atoms with Crippen molar-refractivity contribution in [3.05, 3.63) is 47.5 Å². The van der Waals surface area contributed by atoms with Gasteiger partial charge in [-0.1, -0.05) is 19.9 Å². The number of pyridine rings is 1. The van der Waals surface area contributed by atoms with Gasteiger partial charge in [0.2, 0.25) is 0 Å². The van der Waals surface area contributed by atoms with Crippen molar-refractivity contribution in [3.8, 4) is 0 Å². The van der Waals surface area contributed by atoms with Gasteiger partial charge in [-0.15, -0.1) is 0 Å². The van der Waals surface area contributed by atoms with Gasteiger partial charge in [-0.25, -0.2) is 0 Å². The number of nitrogens with one attached hydrogen (secondary N) is 1. The van der Waals surface area contributed by atoms with Gasteiger partial charge in [-0.3, -0.25) is 14.9 Å². The standard InChI is InChI=1S/C17H24N4O/c1-12(2)8-15-9-16(20-19-15)17(22)21(13(3)4)11-14-6-5-7-18-10-14/h5-7,9-10,12-13H,8,11H2,1-4H3,(H,19,20). The fourth-order valence-corrected chi connectivity index (χ4v) is 2.34. The Morgan fingerprint density at radius 2 is 2.09 bits per heavy atom. The van der Waals surface area contributed by atoms with Gasteiger partial charge in [0, 0.05) is 30.7 Å². The summed E-state index contributed by atoms with van der Waals surface area (Å²) in [5.74, 6) is 0.477. The van der Waals surface area contributed by atoms with E-state index in [0.29, 0.717) is 18.2 Å². The first kappa shape index (κ1) is 16.2. The molecule has 0 atom stereocenters. The first-order valence-corrected chi connectivity index (χ1v) is 7.71. The monoisotopic (exact) mass is 300 g/mol. The molecule has 0 spiro atoms. The molecule has 0 aromatic carbocycles. The Morgan fingerprint density at radius 1 is 1.32 bits per heavy atom. The Morgan fingerprint density at radius 3 is 2.68 bits per heavy atom. The second kappa shape index (κ2) is 7.20. The fraction of sp³-hybridized carbons (Fsp3) is 0.471. The highest BCUT2D eigenvalue weighted by atomic mass is 16.2. The Balaban J connectivity index is 2.14. The molecule has 5 heteroatoms. The van der Waals surface area contributed by atoms with E-state index in [1.54, 1.807) is 12.4 Å². The normalized spacial score (nSPS) is 11.2. The van der Waals surface area contributed by atoms with E-state index in [1.165, 1.54) is 0 Å². The number of aromatic amines is 1. The number of H-pyrrole nitrogens is 1. The SMILES string of the molecule is CC(C)Cc1cc(C(=O)N(Cc2cccnc2)C(C)C)n[nH]1. The number of amides is 1. The Labute approximate surface area is 131 Å². The second-order valence-corrected chi connectivity index (χ2v) is 6.26. The molecular formula is C17H24N4O. The average molecular weight is 300 g/mol. The molecule has 0 fully saturated rings. The first-order valence-electron chi connectivity index (χ1n) is 7.71. The van der Waals surface area contributed by atoms with E-state index in [9.17, 15) is 4.79 Å². The van der Waals surface area contributed by atoms with E-state index in [2.05, 4.69) is 29.0 Å². The maximum atomic E-state index is 12.7. The topological polar surface area (TPSA) is 61.9 Å². The molecule has 2 aromatic heterocycles. The molecule has 2 aromatic rings. The summed E-state index contributed by atoms with van der Waals surface area (Å²) < 4.78 is 0. The predicted molar refractivity (Wildman–Crippen MR) is 86.4 cm³/mol. The maximum absolute atomic E-state index is 12.7. The molecule has 1 N–H and O–H groups in total. The molecule has 0 saturated carbocycles. The maximum Gasteiger partial charge on any atom is 0.274 e. The van der Waals surface area contributed by atoms with Crippen LogP contribution in [0.5, 0.6) is 0 Å². The summed E-state index contributed by atoms with van der Waals surface area (Å²) in [7, 11) is 0. The minimum atomic E-state index is -0.0508. The summed E-state index contributed by atoms with van der Waals surface area (Å²) in [5, 5.41) is 7.15. The van der Waals surface area contributed by atoms with E-state index < -0.39 is 0 Å². The number of hydrogen-bond acceptors (Lipinski definition) is 3. The molecule has 5 nitrogen and oxygen atoms in total. The minimum absolute atomic E-state index is 0.0508. The van der Waals surface area contributed by atoms with Gasteiger partial charge < -0.3 is 4.90 Å². The van der Waals surface area contributed by atoms with Gasteiger partial charge in [-0.05, 0) is 43.9 Å². The molecule has 2 heterocycles. The summed E-state index contributed by atoms with van der Waals surface area (Å²) in [6.45, 7) is 8.85. The van der Waals surface area contributed by atoms with Crippen molar-refractivity contribution in [2.45, 2.75) is 46.7 Å². The Kier molecular flexibility index (Phi) is 5.31. The quantitative estimate of drug-likeness (QED) is 0.892. The Bertz CT molecular complexity index is 604. The third-order valence-electron chi connectivity index (χ3n) is 3.44. The van der Waals surface area contributed by atoms with E-state index in [-0.39, 0.29) is 11.9 Å². The molecule has 2 rings (SSSR count). The molecule has 22 heavy (non-hydrogen) atoms. The second-order valence-electron chi connectivity index (χ2n) is 6.26. The number of hydrogen-bond donors (Lipinski definition) is 1. The minimum Gasteiger partial charge on any atom is -0.330 e. The number of rotatable bonds is 6. The number of aromatic nitrogens is 3. The zero-order valence-corrected chi connectivity index (χ0v) is 13.7. The fourth-order valence-electron chi connectivity index (χ4n) is 2.34. The van der Waals surface area contributed by atoms with Crippen molar-refractivity contribution < 1.29 is 4.79 Å². The first-order chi connectivity index (χ1) is 10.5. The molecule has 0 aliphatic heterocycles. The lowest BCUT2D eigenvalue weighted by Gasteiger charge is -2.25. The van der Waals surface area contributed by atoms with Gasteiger partial charge in [0.25, 0.3) is 5.91 Å². The van der Waals surface area contributed by atoms with Gasteiger partial charge in [-0.2, -0.15) is 5.10 Å². The lowest BCUT2D eigenvalue weighted by Crippen LogP contribution is -2.36. The van der Waals surface area contributed by atoms with Crippen LogP contribution in [-0.4, -0.2) is 32.0 Å². The van der Waals surface area contributed by atoms with Gasteiger partial charge >= 0.3 is 0 Å². The predicted octanol–water partition coefficient (Wildman–Crippen LogP) is 3.05. The van der Waals surface area contributed by atoms with Crippen molar-refractivity contribution in [1.82, 2.24) is 20.1 Å². The van der Waals surface area contributed by atoms with Crippen LogP contribution in [0.2, 0.25) is 0 Å². The van der Waals surface area contributed by atoms with Gasteiger partial charge in [0.15, 0.2) is 0 Å². The molecule has 0 aliphatic rings. The van der Waals surface area contributed by atoms with Crippen molar-refractivity contribution in [1.29, 1.82) is 0 Å². The smallest absolute Gasteiger partial charge is 0.274 e. The van der Waals surface area contributed by atoms with Gasteiger partial charge in [0.05, 0.1) is 0 Å². The summed E-state index contributed by atoms with van der Waals surface area (Å²) in [6, 6.07) is 5.82. The highest BCUT2D eigenvalue weighted by Gasteiger charge is 2.21. The van der Waals surface area contributed by atoms with Crippen molar-refractivity contribution >= 4 is 5.91 Å². The average Bonchev–Trinajstić information content (AvgIpc) is 2.92. The van der Waals surface area contributed by atoms with Crippen molar-refractivity contribution in [2.75, 3.05) is 0 Å². The van der Waals surface area contributed by atoms with E-state index in [0.717, 1.165) is 17.7 Å². The molecule has 0 radical (unpaired) electrons. The summed E-state index contributed by atoms with van der Waals surface area (Å²) in [5.41, 5.74) is 2.50. The van der Waals surface area contributed by atoms with Crippen molar-refractivity contribution in [2.24, 2.45) is 5.92 Å². The molecule has 0 saturated heterocycles. The molecule has 0 unspecified atom stereocenters. The van der Waals surface area contributed by atoms with Crippen LogP contribution in [0.1, 0.15) is 49.4 Å². The highest BCUT2D eigenvalue weighted by Crippen LogP contribution is 2.13. The van der Waals surface area contributed by atoms with Crippen LogP contribution in [-0.2, 0) is 13.0 Å². The number of nitrogens with zero attached hydrogens (tertiary/aromatic N) is 3. The van der Waals surface area contributed by atoms with Crippen LogP contribution in [0.25, 0.3) is 0 Å². The van der Waals surface area contributed by atoms with Crippen LogP contribution >= 0.6 is 0 Å². The van der Waals surface area contributed by atoms with Crippen molar-refractivity contribution in [3.63, 3.8) is 0 Å². The molecule has 0 bridgehead atoms. The van der Waals surface area contributed by atoms with Crippen LogP contribution in [0.4, 0.5) is 0 Å². The third-order valence-corrected chi connectivity index (χ3v) is 3.44. The van der Waals surface area contributed by atoms with E-state index in [1.807, 2.05) is 36.9 Å². The highest BCUT2D eigenvalue weighted by molar-refractivity contribution is 5.92. The van der Waals surface area contributed by atoms with Gasteiger partial charge in [0.1, 0.15) is 5.69 Å². The summed E-state index contributed by atoms with van der Waals surface area (Å²) >= 11 is 0. The molecule has 1 amide bonds. The van der Waals surface area contributed by atoms with Crippen LogP contribution in [0, 0.1) is 5.92 Å². The van der Waals surface area contributed by atoms with Crippen LogP contribution in [0.3, 0.4) is 0 Å². The lowest BCUT2D eigenvalue weighted by molar-refractivity contribution is 0.0684.